The van der Waals surface area contributed by atoms with Gasteiger partial charge in [-0.05, 0) is 31.0 Å². The van der Waals surface area contributed by atoms with Crippen molar-refractivity contribution in [2.75, 3.05) is 11.9 Å². The van der Waals surface area contributed by atoms with Crippen LogP contribution >= 0.6 is 23.2 Å². The highest BCUT2D eigenvalue weighted by atomic mass is 35.5. The lowest BCUT2D eigenvalue weighted by Gasteiger charge is -2.12. The predicted molar refractivity (Wildman–Crippen MR) is 84.2 cm³/mol. The molecule has 0 radical (unpaired) electrons. The van der Waals surface area contributed by atoms with Gasteiger partial charge in [0.25, 0.3) is 0 Å². The van der Waals surface area contributed by atoms with E-state index in [1.165, 1.54) is 12.1 Å². The minimum Gasteiger partial charge on any atom is -0.434 e. The van der Waals surface area contributed by atoms with Crippen LogP contribution in [0.2, 0.25) is 10.0 Å². The summed E-state index contributed by atoms with van der Waals surface area (Å²) in [6.45, 7) is 4.40. The molecule has 0 aliphatic rings. The SMILES string of the molecule is CCCNc1nc(Oc2cccc(C)c2F)c(Cl)cc1Cl. The molecule has 1 N–H and O–H groups in total. The smallest absolute Gasteiger partial charge is 0.240 e. The van der Waals surface area contributed by atoms with Crippen molar-refractivity contribution in [2.45, 2.75) is 20.3 Å². The summed E-state index contributed by atoms with van der Waals surface area (Å²) in [5.74, 6) is 0.219. The molecule has 0 aliphatic heterocycles. The number of ether oxygens (including phenoxy) is 1. The van der Waals surface area contributed by atoms with Gasteiger partial charge in [0.1, 0.15) is 10.8 Å². The third-order valence-corrected chi connectivity index (χ3v) is 3.36. The van der Waals surface area contributed by atoms with E-state index in [2.05, 4.69) is 10.3 Å². The lowest BCUT2D eigenvalue weighted by molar-refractivity contribution is 0.426. The maximum absolute atomic E-state index is 14.0. The summed E-state index contributed by atoms with van der Waals surface area (Å²) in [5, 5.41) is 3.69. The average molecular weight is 329 g/mol. The predicted octanol–water partition coefficient (Wildman–Crippen LogP) is 5.45. The molecule has 1 aromatic heterocycles. The maximum Gasteiger partial charge on any atom is 0.240 e. The van der Waals surface area contributed by atoms with Gasteiger partial charge in [-0.25, -0.2) is 4.39 Å². The molecular weight excluding hydrogens is 314 g/mol. The van der Waals surface area contributed by atoms with Crippen LogP contribution < -0.4 is 10.1 Å². The number of hydrogen-bond donors (Lipinski definition) is 1. The quantitative estimate of drug-likeness (QED) is 0.792. The molecule has 21 heavy (non-hydrogen) atoms. The van der Waals surface area contributed by atoms with Gasteiger partial charge < -0.3 is 10.1 Å². The fourth-order valence-electron chi connectivity index (χ4n) is 1.69. The highest BCUT2D eigenvalue weighted by Crippen LogP contribution is 2.34. The first-order valence-corrected chi connectivity index (χ1v) is 7.31. The Hall–Kier alpha value is -1.52. The van der Waals surface area contributed by atoms with E-state index in [4.69, 9.17) is 27.9 Å². The molecule has 0 bridgehead atoms. The maximum atomic E-state index is 14.0. The fraction of sp³-hybridized carbons (Fsp3) is 0.267. The second kappa shape index (κ2) is 6.96. The standard InChI is InChI=1S/C15H15Cl2FN2O/c1-3-7-19-14-10(16)8-11(17)15(20-14)21-12-6-4-5-9(2)13(12)18/h4-6,8H,3,7H2,1-2H3,(H,19,20). The van der Waals surface area contributed by atoms with Gasteiger partial charge in [0.15, 0.2) is 11.6 Å². The molecule has 112 valence electrons. The molecule has 1 aromatic carbocycles. The first-order chi connectivity index (χ1) is 10.0. The number of anilines is 1. The minimum absolute atomic E-state index is 0.0770. The molecule has 0 saturated heterocycles. The molecule has 0 spiro atoms. The van der Waals surface area contributed by atoms with Crippen molar-refractivity contribution in [3.63, 3.8) is 0 Å². The number of nitrogens with zero attached hydrogens (tertiary/aromatic N) is 1. The Labute approximate surface area is 133 Å². The number of nitrogens with one attached hydrogen (secondary N) is 1. The zero-order valence-electron chi connectivity index (χ0n) is 11.7. The zero-order chi connectivity index (χ0) is 15.4. The fourth-order valence-corrected chi connectivity index (χ4v) is 2.16. The number of halogens is 3. The van der Waals surface area contributed by atoms with Gasteiger partial charge in [0.2, 0.25) is 5.88 Å². The molecule has 0 saturated carbocycles. The first kappa shape index (κ1) is 15.9. The summed E-state index contributed by atoms with van der Waals surface area (Å²) in [5.41, 5.74) is 0.488. The Balaban J connectivity index is 2.33. The lowest BCUT2D eigenvalue weighted by atomic mass is 10.2. The van der Waals surface area contributed by atoms with Gasteiger partial charge in [0, 0.05) is 6.54 Å². The van der Waals surface area contributed by atoms with Gasteiger partial charge in [-0.3, -0.25) is 0 Å². The van der Waals surface area contributed by atoms with Crippen molar-refractivity contribution < 1.29 is 9.13 Å². The van der Waals surface area contributed by atoms with E-state index in [1.54, 1.807) is 19.1 Å². The summed E-state index contributed by atoms with van der Waals surface area (Å²) in [6, 6.07) is 6.41. The van der Waals surface area contributed by atoms with E-state index in [0.717, 1.165) is 6.42 Å². The summed E-state index contributed by atoms with van der Waals surface area (Å²) >= 11 is 12.1. The number of aryl methyl sites for hydroxylation is 1. The highest BCUT2D eigenvalue weighted by molar-refractivity contribution is 6.36. The second-order valence-electron chi connectivity index (χ2n) is 4.52. The van der Waals surface area contributed by atoms with E-state index in [-0.39, 0.29) is 16.7 Å². The van der Waals surface area contributed by atoms with Crippen molar-refractivity contribution in [2.24, 2.45) is 0 Å². The van der Waals surface area contributed by atoms with Crippen LogP contribution in [0, 0.1) is 12.7 Å². The van der Waals surface area contributed by atoms with Gasteiger partial charge >= 0.3 is 0 Å². The molecular formula is C15H15Cl2FN2O. The Kier molecular flexibility index (Phi) is 5.26. The van der Waals surface area contributed by atoms with Crippen LogP contribution in [0.25, 0.3) is 0 Å². The monoisotopic (exact) mass is 328 g/mol. The van der Waals surface area contributed by atoms with Crippen LogP contribution in [-0.2, 0) is 0 Å². The normalized spacial score (nSPS) is 10.5. The van der Waals surface area contributed by atoms with E-state index in [0.29, 0.717) is 22.9 Å². The van der Waals surface area contributed by atoms with Crippen LogP contribution in [0.5, 0.6) is 11.6 Å². The number of pyridine rings is 1. The van der Waals surface area contributed by atoms with E-state index in [9.17, 15) is 4.39 Å². The van der Waals surface area contributed by atoms with Crippen molar-refractivity contribution in [1.82, 2.24) is 4.98 Å². The summed E-state index contributed by atoms with van der Waals surface area (Å²) in [7, 11) is 0. The molecule has 0 unspecified atom stereocenters. The van der Waals surface area contributed by atoms with Crippen molar-refractivity contribution in [3.8, 4) is 11.6 Å². The lowest BCUT2D eigenvalue weighted by Crippen LogP contribution is -2.04. The van der Waals surface area contributed by atoms with Gasteiger partial charge in [-0.2, -0.15) is 4.98 Å². The van der Waals surface area contributed by atoms with Crippen LogP contribution in [-0.4, -0.2) is 11.5 Å². The zero-order valence-corrected chi connectivity index (χ0v) is 13.2. The summed E-state index contributed by atoms with van der Waals surface area (Å²) < 4.78 is 19.4. The van der Waals surface area contributed by atoms with E-state index < -0.39 is 5.82 Å². The number of hydrogen-bond acceptors (Lipinski definition) is 3. The third kappa shape index (κ3) is 3.77. The molecule has 0 atom stereocenters. The number of aromatic nitrogens is 1. The Morgan fingerprint density at radius 3 is 2.76 bits per heavy atom. The molecule has 2 rings (SSSR count). The Bertz CT molecular complexity index is 650. The van der Waals surface area contributed by atoms with Crippen LogP contribution in [0.3, 0.4) is 0 Å². The van der Waals surface area contributed by atoms with Gasteiger partial charge in [-0.15, -0.1) is 0 Å². The van der Waals surface area contributed by atoms with Gasteiger partial charge in [-0.1, -0.05) is 42.3 Å². The summed E-state index contributed by atoms with van der Waals surface area (Å²) in [4.78, 5) is 4.21. The molecule has 1 heterocycles. The van der Waals surface area contributed by atoms with E-state index >= 15 is 0 Å². The third-order valence-electron chi connectivity index (χ3n) is 2.80. The van der Waals surface area contributed by atoms with Crippen LogP contribution in [0.1, 0.15) is 18.9 Å². The van der Waals surface area contributed by atoms with E-state index in [1.807, 2.05) is 6.92 Å². The molecule has 3 nitrogen and oxygen atoms in total. The average Bonchev–Trinajstić information content (AvgIpc) is 2.45. The topological polar surface area (TPSA) is 34.2 Å². The Morgan fingerprint density at radius 2 is 2.05 bits per heavy atom. The minimum atomic E-state index is -0.437. The second-order valence-corrected chi connectivity index (χ2v) is 5.34. The molecule has 0 amide bonds. The molecule has 6 heteroatoms. The molecule has 0 aliphatic carbocycles. The molecule has 2 aromatic rings. The first-order valence-electron chi connectivity index (χ1n) is 6.55. The largest absolute Gasteiger partial charge is 0.434 e. The van der Waals surface area contributed by atoms with Crippen molar-refractivity contribution >= 4 is 29.0 Å². The highest BCUT2D eigenvalue weighted by Gasteiger charge is 2.14. The van der Waals surface area contributed by atoms with Crippen LogP contribution in [0.4, 0.5) is 10.2 Å². The number of rotatable bonds is 5. The summed E-state index contributed by atoms with van der Waals surface area (Å²) in [6.07, 6.45) is 0.920. The van der Waals surface area contributed by atoms with Crippen LogP contribution in [0.15, 0.2) is 24.3 Å². The number of benzene rings is 1. The Morgan fingerprint density at radius 1 is 1.29 bits per heavy atom. The molecule has 0 fully saturated rings. The van der Waals surface area contributed by atoms with Crippen molar-refractivity contribution in [1.29, 1.82) is 0 Å². The van der Waals surface area contributed by atoms with Crippen molar-refractivity contribution in [3.05, 3.63) is 45.7 Å². The van der Waals surface area contributed by atoms with Gasteiger partial charge in [0.05, 0.1) is 5.02 Å².